The van der Waals surface area contributed by atoms with Crippen LogP contribution in [0.3, 0.4) is 0 Å². The predicted molar refractivity (Wildman–Crippen MR) is 232 cm³/mol. The monoisotopic (exact) mass is 736 g/mol. The summed E-state index contributed by atoms with van der Waals surface area (Å²) >= 11 is 0. The lowest BCUT2D eigenvalue weighted by molar-refractivity contribution is 0.409. The van der Waals surface area contributed by atoms with Crippen LogP contribution in [0.4, 0.5) is 0 Å². The lowest BCUT2D eigenvalue weighted by Crippen LogP contribution is -2.44. The Morgan fingerprint density at radius 2 is 1.14 bits per heavy atom. The van der Waals surface area contributed by atoms with Crippen LogP contribution in [0.1, 0.15) is 46.8 Å². The first-order valence-electron chi connectivity index (χ1n) is 19.6. The third-order valence-electron chi connectivity index (χ3n) is 11.8. The molecule has 3 aromatic heterocycles. The summed E-state index contributed by atoms with van der Waals surface area (Å²) in [6, 6.07) is 57.7. The molecule has 0 radical (unpaired) electrons. The molecule has 1 aliphatic heterocycles. The van der Waals surface area contributed by atoms with Crippen molar-refractivity contribution in [1.82, 2.24) is 15.2 Å². The summed E-state index contributed by atoms with van der Waals surface area (Å²) < 4.78 is 15.6. The maximum absolute atomic E-state index is 6.66. The average Bonchev–Trinajstić information content (AvgIpc) is 3.95. The van der Waals surface area contributed by atoms with Gasteiger partial charge in [-0.05, 0) is 77.6 Å². The number of fused-ring (bicyclic) bond motifs is 9. The van der Waals surface area contributed by atoms with E-state index in [9.17, 15) is 0 Å². The van der Waals surface area contributed by atoms with Crippen molar-refractivity contribution in [2.75, 3.05) is 0 Å². The van der Waals surface area contributed by atoms with Gasteiger partial charge in [-0.3, -0.25) is 5.32 Å². The van der Waals surface area contributed by atoms with E-state index >= 15 is 0 Å². The molecule has 57 heavy (non-hydrogen) atoms. The van der Waals surface area contributed by atoms with E-state index in [2.05, 4.69) is 173 Å². The summed E-state index contributed by atoms with van der Waals surface area (Å²) in [6.07, 6.45) is 3.83. The zero-order valence-corrected chi connectivity index (χ0v) is 30.9. The zero-order chi connectivity index (χ0) is 37.5. The highest BCUT2D eigenvalue weighted by Crippen LogP contribution is 2.41. The summed E-state index contributed by atoms with van der Waals surface area (Å²) in [5.41, 5.74) is 13.1. The molecule has 0 spiro atoms. The van der Waals surface area contributed by atoms with Gasteiger partial charge < -0.3 is 18.7 Å². The first kappa shape index (κ1) is 32.1. The number of furan rings is 2. The maximum atomic E-state index is 6.66. The first-order chi connectivity index (χ1) is 28.2. The fourth-order valence-electron chi connectivity index (χ4n) is 9.04. The molecule has 2 aliphatic rings. The van der Waals surface area contributed by atoms with Gasteiger partial charge in [0.05, 0.1) is 11.0 Å². The minimum Gasteiger partial charge on any atom is -0.456 e. The van der Waals surface area contributed by atoms with Crippen molar-refractivity contribution in [3.8, 4) is 11.1 Å². The molecule has 2 atom stereocenters. The van der Waals surface area contributed by atoms with Crippen molar-refractivity contribution in [2.24, 2.45) is 4.99 Å². The molecule has 2 N–H and O–H groups in total. The van der Waals surface area contributed by atoms with Gasteiger partial charge in [-0.25, -0.2) is 4.99 Å². The molecule has 12 rings (SSSR count). The Hall–Kier alpha value is -7.15. The third-order valence-corrected chi connectivity index (χ3v) is 11.8. The number of para-hydroxylation sites is 2. The number of aliphatic imine (C=N–C) groups is 1. The van der Waals surface area contributed by atoms with E-state index in [1.54, 1.807) is 0 Å². The lowest BCUT2D eigenvalue weighted by Gasteiger charge is -2.32. The van der Waals surface area contributed by atoms with Gasteiger partial charge >= 0.3 is 0 Å². The summed E-state index contributed by atoms with van der Waals surface area (Å²) in [5, 5.41) is 13.2. The second-order valence-electron chi connectivity index (χ2n) is 15.1. The first-order valence-corrected chi connectivity index (χ1v) is 19.6. The molecule has 2 unspecified atom stereocenters. The summed E-state index contributed by atoms with van der Waals surface area (Å²) in [7, 11) is 0. The molecule has 0 amide bonds. The number of nitrogens with one attached hydrogen (secondary N) is 2. The Labute approximate surface area is 328 Å². The van der Waals surface area contributed by atoms with Gasteiger partial charge in [0.15, 0.2) is 0 Å². The number of rotatable bonds is 5. The second-order valence-corrected chi connectivity index (χ2v) is 15.1. The van der Waals surface area contributed by atoms with Crippen molar-refractivity contribution < 1.29 is 8.83 Å². The largest absolute Gasteiger partial charge is 0.456 e. The van der Waals surface area contributed by atoms with E-state index in [4.69, 9.17) is 13.8 Å². The quantitative estimate of drug-likeness (QED) is 0.185. The number of aromatic nitrogens is 1. The van der Waals surface area contributed by atoms with Gasteiger partial charge in [0.2, 0.25) is 0 Å². The van der Waals surface area contributed by atoms with E-state index < -0.39 is 0 Å². The van der Waals surface area contributed by atoms with Gasteiger partial charge in [-0.15, -0.1) is 0 Å². The number of benzene rings is 7. The Balaban J connectivity index is 0.887. The summed E-state index contributed by atoms with van der Waals surface area (Å²) in [6.45, 7) is 0. The highest BCUT2D eigenvalue weighted by molar-refractivity contribution is 6.11. The molecule has 6 nitrogen and oxygen atoms in total. The van der Waals surface area contributed by atoms with Crippen LogP contribution < -0.4 is 10.6 Å². The number of hydrogen-bond donors (Lipinski definition) is 2. The van der Waals surface area contributed by atoms with E-state index in [0.717, 1.165) is 79.8 Å². The van der Waals surface area contributed by atoms with E-state index in [0.29, 0.717) is 0 Å². The SMILES string of the molecule is C1=C(n2c3ccccc3c3ccccc32)CCc2c1oc1cc(-c3ccc4oc5cc(C6=NC(c7ccccc7)NC(c7ccccc7)N6)ccc5c4c3)ccc21. The minimum atomic E-state index is -0.197. The molecule has 1 aliphatic carbocycles. The number of nitrogens with zero attached hydrogens (tertiary/aromatic N) is 2. The minimum absolute atomic E-state index is 0.104. The van der Waals surface area contributed by atoms with Crippen molar-refractivity contribution in [3.05, 3.63) is 192 Å². The molecule has 4 heterocycles. The van der Waals surface area contributed by atoms with Crippen molar-refractivity contribution in [3.63, 3.8) is 0 Å². The Bertz CT molecular complexity index is 3210. The van der Waals surface area contributed by atoms with Crippen LogP contribution in [-0.2, 0) is 6.42 Å². The van der Waals surface area contributed by atoms with Crippen molar-refractivity contribution in [1.29, 1.82) is 0 Å². The highest BCUT2D eigenvalue weighted by atomic mass is 16.3. The number of amidine groups is 1. The van der Waals surface area contributed by atoms with Gasteiger partial charge in [-0.2, -0.15) is 0 Å². The third kappa shape index (κ3) is 5.25. The fraction of sp³-hybridized carbons (Fsp3) is 0.0784. The van der Waals surface area contributed by atoms with Gasteiger partial charge in [0, 0.05) is 49.8 Å². The predicted octanol–water partition coefficient (Wildman–Crippen LogP) is 12.4. The summed E-state index contributed by atoms with van der Waals surface area (Å²) in [5.74, 6) is 1.78. The van der Waals surface area contributed by atoms with Crippen LogP contribution in [-0.4, -0.2) is 10.4 Å². The second kappa shape index (κ2) is 12.7. The van der Waals surface area contributed by atoms with Crippen molar-refractivity contribution >= 4 is 72.3 Å². The average molecular weight is 737 g/mol. The van der Waals surface area contributed by atoms with Gasteiger partial charge in [0.25, 0.3) is 0 Å². The highest BCUT2D eigenvalue weighted by Gasteiger charge is 2.26. The molecule has 272 valence electrons. The number of hydrogen-bond acceptors (Lipinski definition) is 5. The smallest absolute Gasteiger partial charge is 0.136 e. The summed E-state index contributed by atoms with van der Waals surface area (Å²) in [4.78, 5) is 5.14. The number of aryl methyl sites for hydroxylation is 1. The fourth-order valence-corrected chi connectivity index (χ4v) is 9.04. The maximum Gasteiger partial charge on any atom is 0.136 e. The Morgan fingerprint density at radius 3 is 1.93 bits per heavy atom. The molecule has 0 fully saturated rings. The topological polar surface area (TPSA) is 67.6 Å². The molecule has 0 saturated heterocycles. The van der Waals surface area contributed by atoms with Crippen LogP contribution in [0.5, 0.6) is 0 Å². The zero-order valence-electron chi connectivity index (χ0n) is 30.9. The van der Waals surface area contributed by atoms with Crippen molar-refractivity contribution in [2.45, 2.75) is 25.2 Å². The van der Waals surface area contributed by atoms with Gasteiger partial charge in [-0.1, -0.05) is 121 Å². The molecule has 10 aromatic rings. The number of allylic oxidation sites excluding steroid dienone is 1. The lowest BCUT2D eigenvalue weighted by atomic mass is 9.96. The van der Waals surface area contributed by atoms with Crippen LogP contribution >= 0.6 is 0 Å². The van der Waals surface area contributed by atoms with Crippen LogP contribution in [0, 0.1) is 0 Å². The molecule has 6 heteroatoms. The van der Waals surface area contributed by atoms with E-state index in [1.165, 1.54) is 38.5 Å². The van der Waals surface area contributed by atoms with Gasteiger partial charge in [0.1, 0.15) is 40.7 Å². The van der Waals surface area contributed by atoms with E-state index in [-0.39, 0.29) is 12.3 Å². The molecule has 0 saturated carbocycles. The molecular weight excluding hydrogens is 701 g/mol. The van der Waals surface area contributed by atoms with Crippen LogP contribution in [0.15, 0.2) is 178 Å². The van der Waals surface area contributed by atoms with Crippen LogP contribution in [0.2, 0.25) is 0 Å². The molecule has 0 bridgehead atoms. The Morgan fingerprint density at radius 1 is 0.509 bits per heavy atom. The standard InChI is InChI=1S/C51H36N4O2/c1-3-11-31(12-4-1)49-52-50(32-13-5-2-6-14-32)54-51(53-49)35-20-24-41-42-27-33(21-26-45(42)56-47(41)29-35)34-19-23-39-40-25-22-36(30-48(40)57-46(39)28-34)55-43-17-9-7-15-37(43)38-16-8-10-18-44(38)55/h1-21,23-24,26-30,49-50,52H,22,25H2,(H,53,54). The molecular formula is C51H36N4O2. The Kier molecular flexibility index (Phi) is 7.16. The molecule has 7 aromatic carbocycles. The van der Waals surface area contributed by atoms with E-state index in [1.807, 2.05) is 12.1 Å². The normalized spacial score (nSPS) is 16.9. The van der Waals surface area contributed by atoms with Crippen LogP contribution in [0.25, 0.3) is 77.6 Å².